The molecule has 0 radical (unpaired) electrons. The first-order valence-corrected chi connectivity index (χ1v) is 7.33. The van der Waals surface area contributed by atoms with Crippen molar-refractivity contribution in [3.05, 3.63) is 63.7 Å². The number of nitrogen functional groups attached to an aromatic ring is 1. The molecule has 1 aromatic heterocycles. The normalized spacial score (nSPS) is 10.7. The van der Waals surface area contributed by atoms with Gasteiger partial charge in [-0.2, -0.15) is 0 Å². The Hall–Kier alpha value is -1.82. The maximum Gasteiger partial charge on any atom is 0.130 e. The van der Waals surface area contributed by atoms with Crippen LogP contribution >= 0.6 is 22.6 Å². The van der Waals surface area contributed by atoms with Crippen molar-refractivity contribution in [2.75, 3.05) is 5.73 Å². The van der Waals surface area contributed by atoms with Gasteiger partial charge in [0.15, 0.2) is 0 Å². The van der Waals surface area contributed by atoms with Gasteiger partial charge < -0.3 is 10.5 Å². The van der Waals surface area contributed by atoms with Gasteiger partial charge >= 0.3 is 0 Å². The minimum absolute atomic E-state index is 0.421. The Kier molecular flexibility index (Phi) is 3.73. The molecule has 0 aliphatic carbocycles. The van der Waals surface area contributed by atoms with Gasteiger partial charge in [0, 0.05) is 14.5 Å². The number of rotatable bonds is 3. The molecule has 3 nitrogen and oxygen atoms in total. The van der Waals surface area contributed by atoms with Crippen LogP contribution in [0.3, 0.4) is 0 Å². The average Bonchev–Trinajstić information content (AvgIpc) is 2.47. The Bertz CT molecular complexity index is 741. The van der Waals surface area contributed by atoms with E-state index in [1.165, 1.54) is 3.57 Å². The second kappa shape index (κ2) is 5.66. The molecular formula is C16H13IN2O. The number of anilines is 1. The van der Waals surface area contributed by atoms with Crippen molar-refractivity contribution in [1.82, 2.24) is 4.98 Å². The number of para-hydroxylation sites is 1. The van der Waals surface area contributed by atoms with Crippen LogP contribution in [-0.4, -0.2) is 4.98 Å². The van der Waals surface area contributed by atoms with Crippen molar-refractivity contribution in [3.63, 3.8) is 0 Å². The summed E-state index contributed by atoms with van der Waals surface area (Å²) in [7, 11) is 0. The zero-order chi connectivity index (χ0) is 13.9. The number of nitrogens with two attached hydrogens (primary N) is 1. The van der Waals surface area contributed by atoms with Gasteiger partial charge in [-0.1, -0.05) is 18.2 Å². The van der Waals surface area contributed by atoms with Gasteiger partial charge in [-0.15, -0.1) is 0 Å². The lowest BCUT2D eigenvalue weighted by Crippen LogP contribution is -2.02. The summed E-state index contributed by atoms with van der Waals surface area (Å²) in [5, 5.41) is 1.07. The Morgan fingerprint density at radius 1 is 1.05 bits per heavy atom. The molecule has 0 atom stereocenters. The number of halogens is 1. The Labute approximate surface area is 130 Å². The van der Waals surface area contributed by atoms with Crippen LogP contribution in [0.1, 0.15) is 5.56 Å². The van der Waals surface area contributed by atoms with Gasteiger partial charge in [-0.05, 0) is 59.0 Å². The molecule has 0 unspecified atom stereocenters. The molecule has 0 aliphatic rings. The van der Waals surface area contributed by atoms with Gasteiger partial charge in [0.05, 0.1) is 5.52 Å². The van der Waals surface area contributed by atoms with Crippen molar-refractivity contribution < 1.29 is 4.74 Å². The zero-order valence-electron chi connectivity index (χ0n) is 10.7. The largest absolute Gasteiger partial charge is 0.489 e. The number of benzene rings is 2. The third-order valence-electron chi connectivity index (χ3n) is 3.04. The predicted molar refractivity (Wildman–Crippen MR) is 89.6 cm³/mol. The van der Waals surface area contributed by atoms with Gasteiger partial charge in [-0.25, -0.2) is 4.98 Å². The molecule has 0 spiro atoms. The van der Waals surface area contributed by atoms with Crippen LogP contribution in [0.25, 0.3) is 10.9 Å². The number of pyridine rings is 1. The number of aromatic nitrogens is 1. The number of nitrogens with zero attached hydrogens (tertiary/aromatic N) is 1. The summed E-state index contributed by atoms with van der Waals surface area (Å²) in [5.41, 5.74) is 7.79. The molecule has 0 amide bonds. The fourth-order valence-corrected chi connectivity index (χ4v) is 2.34. The molecule has 3 aromatic rings. The highest BCUT2D eigenvalue weighted by molar-refractivity contribution is 14.1. The standard InChI is InChI=1S/C16H13IN2O/c17-13-5-7-14(8-6-13)20-10-12-9-11-3-1-2-4-15(11)19-16(12)18/h1-9H,10H2,(H2,18,19). The molecule has 2 aromatic carbocycles. The number of hydrogen-bond acceptors (Lipinski definition) is 3. The van der Waals surface area contributed by atoms with Crippen molar-refractivity contribution >= 4 is 39.3 Å². The van der Waals surface area contributed by atoms with Crippen LogP contribution < -0.4 is 10.5 Å². The van der Waals surface area contributed by atoms with E-state index in [4.69, 9.17) is 10.5 Å². The fraction of sp³-hybridized carbons (Fsp3) is 0.0625. The quantitative estimate of drug-likeness (QED) is 0.703. The molecule has 0 bridgehead atoms. The van der Waals surface area contributed by atoms with E-state index in [2.05, 4.69) is 27.6 Å². The second-order valence-corrected chi connectivity index (χ2v) is 5.71. The summed E-state index contributed by atoms with van der Waals surface area (Å²) >= 11 is 2.27. The van der Waals surface area contributed by atoms with E-state index in [1.54, 1.807) is 0 Å². The SMILES string of the molecule is Nc1nc2ccccc2cc1COc1ccc(I)cc1. The highest BCUT2D eigenvalue weighted by atomic mass is 127. The first-order chi connectivity index (χ1) is 9.72. The second-order valence-electron chi connectivity index (χ2n) is 4.47. The zero-order valence-corrected chi connectivity index (χ0v) is 12.9. The molecule has 4 heteroatoms. The van der Waals surface area contributed by atoms with E-state index in [9.17, 15) is 0 Å². The number of ether oxygens (including phenoxy) is 1. The molecule has 3 rings (SSSR count). The number of hydrogen-bond donors (Lipinski definition) is 1. The van der Waals surface area contributed by atoms with Crippen molar-refractivity contribution in [3.8, 4) is 5.75 Å². The molecule has 1 heterocycles. The lowest BCUT2D eigenvalue weighted by molar-refractivity contribution is 0.306. The van der Waals surface area contributed by atoms with Gasteiger partial charge in [0.2, 0.25) is 0 Å². The monoisotopic (exact) mass is 376 g/mol. The average molecular weight is 376 g/mol. The van der Waals surface area contributed by atoms with E-state index >= 15 is 0 Å². The van der Waals surface area contributed by atoms with Crippen LogP contribution in [0.2, 0.25) is 0 Å². The van der Waals surface area contributed by atoms with Gasteiger partial charge in [0.1, 0.15) is 18.2 Å². The molecule has 20 heavy (non-hydrogen) atoms. The van der Waals surface area contributed by atoms with Crippen LogP contribution in [0.4, 0.5) is 5.82 Å². The highest BCUT2D eigenvalue weighted by Gasteiger charge is 2.05. The summed E-state index contributed by atoms with van der Waals surface area (Å²) in [6.07, 6.45) is 0. The first-order valence-electron chi connectivity index (χ1n) is 6.25. The minimum Gasteiger partial charge on any atom is -0.489 e. The third kappa shape index (κ3) is 2.85. The van der Waals surface area contributed by atoms with Gasteiger partial charge in [0.25, 0.3) is 0 Å². The van der Waals surface area contributed by atoms with E-state index < -0.39 is 0 Å². The van der Waals surface area contributed by atoms with E-state index in [-0.39, 0.29) is 0 Å². The Morgan fingerprint density at radius 2 is 1.80 bits per heavy atom. The van der Waals surface area contributed by atoms with E-state index in [0.717, 1.165) is 22.2 Å². The topological polar surface area (TPSA) is 48.1 Å². The molecule has 100 valence electrons. The molecule has 0 saturated carbocycles. The molecule has 2 N–H and O–H groups in total. The smallest absolute Gasteiger partial charge is 0.130 e. The van der Waals surface area contributed by atoms with Crippen molar-refractivity contribution in [2.24, 2.45) is 0 Å². The Morgan fingerprint density at radius 3 is 2.60 bits per heavy atom. The summed E-state index contributed by atoms with van der Waals surface area (Å²) < 4.78 is 6.94. The minimum atomic E-state index is 0.421. The van der Waals surface area contributed by atoms with E-state index in [1.807, 2.05) is 54.6 Å². The first kappa shape index (κ1) is 13.2. The van der Waals surface area contributed by atoms with E-state index in [0.29, 0.717) is 12.4 Å². The summed E-state index contributed by atoms with van der Waals surface area (Å²) in [6.45, 7) is 0.421. The lowest BCUT2D eigenvalue weighted by atomic mass is 10.1. The van der Waals surface area contributed by atoms with Crippen molar-refractivity contribution in [2.45, 2.75) is 6.61 Å². The lowest BCUT2D eigenvalue weighted by Gasteiger charge is -2.09. The summed E-state index contributed by atoms with van der Waals surface area (Å²) in [4.78, 5) is 4.40. The van der Waals surface area contributed by atoms with Crippen LogP contribution in [0, 0.1) is 3.57 Å². The van der Waals surface area contributed by atoms with Crippen LogP contribution in [-0.2, 0) is 6.61 Å². The molecule has 0 saturated heterocycles. The number of fused-ring (bicyclic) bond motifs is 1. The van der Waals surface area contributed by atoms with Crippen molar-refractivity contribution in [1.29, 1.82) is 0 Å². The molecule has 0 fully saturated rings. The van der Waals surface area contributed by atoms with Crippen LogP contribution in [0.15, 0.2) is 54.6 Å². The fourth-order valence-electron chi connectivity index (χ4n) is 1.98. The third-order valence-corrected chi connectivity index (χ3v) is 3.76. The molecular weight excluding hydrogens is 363 g/mol. The summed E-state index contributed by atoms with van der Waals surface area (Å²) in [5.74, 6) is 1.35. The maximum atomic E-state index is 5.98. The maximum absolute atomic E-state index is 5.98. The molecule has 0 aliphatic heterocycles. The Balaban J connectivity index is 1.83. The van der Waals surface area contributed by atoms with Gasteiger partial charge in [-0.3, -0.25) is 0 Å². The highest BCUT2D eigenvalue weighted by Crippen LogP contribution is 2.21. The summed E-state index contributed by atoms with van der Waals surface area (Å²) in [6, 6.07) is 17.9. The predicted octanol–water partition coefficient (Wildman–Crippen LogP) is 4.00. The van der Waals surface area contributed by atoms with Crippen LogP contribution in [0.5, 0.6) is 5.75 Å².